The second-order valence-electron chi connectivity index (χ2n) is 7.61. The number of benzene rings is 2. The van der Waals surface area contributed by atoms with Gasteiger partial charge in [-0.05, 0) is 56.7 Å². The number of aromatic amines is 2. The first-order valence-corrected chi connectivity index (χ1v) is 8.97. The molecule has 4 rings (SSSR count). The molecule has 0 atom stereocenters. The minimum atomic E-state index is -0.978. The summed E-state index contributed by atoms with van der Waals surface area (Å²) in [6.45, 7) is 5.59. The van der Waals surface area contributed by atoms with Crippen molar-refractivity contribution in [3.8, 4) is 22.8 Å². The molecule has 142 valence electrons. The van der Waals surface area contributed by atoms with E-state index in [2.05, 4.69) is 20.2 Å². The summed E-state index contributed by atoms with van der Waals surface area (Å²) >= 11 is 0. The third-order valence-corrected chi connectivity index (χ3v) is 4.51. The molecule has 2 aromatic carbocycles. The Morgan fingerprint density at radius 2 is 1.79 bits per heavy atom. The summed E-state index contributed by atoms with van der Waals surface area (Å²) in [6, 6.07) is 17.1. The van der Waals surface area contributed by atoms with Crippen molar-refractivity contribution in [1.82, 2.24) is 20.2 Å². The lowest BCUT2D eigenvalue weighted by Gasteiger charge is -2.33. The molecule has 0 aliphatic carbocycles. The molecular weight excluding hydrogens is 354 g/mol. The first kappa shape index (κ1) is 17.8. The number of hydrogen-bond donors (Lipinski definition) is 3. The van der Waals surface area contributed by atoms with Gasteiger partial charge in [0.15, 0.2) is 5.82 Å². The highest BCUT2D eigenvalue weighted by Crippen LogP contribution is 2.28. The molecule has 0 saturated carbocycles. The molecule has 1 amide bonds. The van der Waals surface area contributed by atoms with E-state index in [0.29, 0.717) is 11.5 Å². The van der Waals surface area contributed by atoms with Gasteiger partial charge in [0.05, 0.1) is 16.7 Å². The van der Waals surface area contributed by atoms with Crippen molar-refractivity contribution in [2.45, 2.75) is 26.3 Å². The third kappa shape index (κ3) is 3.22. The highest BCUT2D eigenvalue weighted by atomic mass is 16.4. The lowest BCUT2D eigenvalue weighted by molar-refractivity contribution is 0.195. The van der Waals surface area contributed by atoms with Gasteiger partial charge >= 0.3 is 6.09 Å². The van der Waals surface area contributed by atoms with Gasteiger partial charge < -0.3 is 10.1 Å². The number of para-hydroxylation sites is 2. The summed E-state index contributed by atoms with van der Waals surface area (Å²) in [5.74, 6) is 0.699. The molecule has 3 N–H and O–H groups in total. The van der Waals surface area contributed by atoms with E-state index in [1.165, 1.54) is 4.90 Å². The van der Waals surface area contributed by atoms with Gasteiger partial charge in [0.25, 0.3) is 0 Å². The molecular formula is C21H21N5O2. The van der Waals surface area contributed by atoms with Gasteiger partial charge in [0.1, 0.15) is 5.69 Å². The van der Waals surface area contributed by atoms with Crippen LogP contribution in [0, 0.1) is 0 Å². The van der Waals surface area contributed by atoms with Gasteiger partial charge in [-0.25, -0.2) is 9.78 Å². The summed E-state index contributed by atoms with van der Waals surface area (Å²) in [5.41, 5.74) is 4.41. The molecule has 4 aromatic rings. The van der Waals surface area contributed by atoms with Gasteiger partial charge in [-0.1, -0.05) is 24.3 Å². The van der Waals surface area contributed by atoms with Crippen LogP contribution in [0.25, 0.3) is 33.8 Å². The zero-order chi connectivity index (χ0) is 19.9. The zero-order valence-electron chi connectivity index (χ0n) is 15.9. The number of aromatic nitrogens is 4. The minimum Gasteiger partial charge on any atom is -0.465 e. The molecule has 0 aliphatic heterocycles. The number of carbonyl (C=O) groups is 1. The van der Waals surface area contributed by atoms with Crippen molar-refractivity contribution in [3.05, 3.63) is 54.6 Å². The maximum Gasteiger partial charge on any atom is 0.412 e. The van der Waals surface area contributed by atoms with E-state index in [4.69, 9.17) is 0 Å². The fraction of sp³-hybridized carbons (Fsp3) is 0.190. The Hall–Kier alpha value is -3.61. The molecule has 2 heterocycles. The van der Waals surface area contributed by atoms with Gasteiger partial charge in [0, 0.05) is 11.2 Å². The maximum atomic E-state index is 11.6. The number of amides is 1. The van der Waals surface area contributed by atoms with Crippen molar-refractivity contribution >= 4 is 22.8 Å². The van der Waals surface area contributed by atoms with E-state index < -0.39 is 11.6 Å². The second kappa shape index (κ2) is 6.53. The molecule has 0 spiro atoms. The van der Waals surface area contributed by atoms with Gasteiger partial charge in [-0.15, -0.1) is 0 Å². The van der Waals surface area contributed by atoms with Crippen LogP contribution in [-0.2, 0) is 0 Å². The molecule has 0 unspecified atom stereocenters. The van der Waals surface area contributed by atoms with Crippen LogP contribution in [0.3, 0.4) is 0 Å². The van der Waals surface area contributed by atoms with Crippen molar-refractivity contribution in [2.24, 2.45) is 0 Å². The molecule has 0 aliphatic rings. The van der Waals surface area contributed by atoms with Crippen LogP contribution in [0.2, 0.25) is 0 Å². The number of carboxylic acid groups (broad SMARTS) is 1. The fourth-order valence-electron chi connectivity index (χ4n) is 3.24. The van der Waals surface area contributed by atoms with E-state index in [0.717, 1.165) is 28.0 Å². The maximum absolute atomic E-state index is 11.6. The molecule has 0 fully saturated rings. The number of imidazole rings is 1. The van der Waals surface area contributed by atoms with Crippen molar-refractivity contribution in [3.63, 3.8) is 0 Å². The average Bonchev–Trinajstić information content (AvgIpc) is 3.27. The van der Waals surface area contributed by atoms with Crippen molar-refractivity contribution in [1.29, 1.82) is 0 Å². The van der Waals surface area contributed by atoms with Crippen LogP contribution in [0.5, 0.6) is 0 Å². The second-order valence-corrected chi connectivity index (χ2v) is 7.61. The van der Waals surface area contributed by atoms with E-state index >= 15 is 0 Å². The molecule has 0 bridgehead atoms. The predicted molar refractivity (Wildman–Crippen MR) is 109 cm³/mol. The number of rotatable bonds is 3. The quantitative estimate of drug-likeness (QED) is 0.474. The van der Waals surface area contributed by atoms with Crippen molar-refractivity contribution in [2.75, 3.05) is 4.90 Å². The van der Waals surface area contributed by atoms with Gasteiger partial charge in [0.2, 0.25) is 0 Å². The minimum absolute atomic E-state index is 0.532. The Kier molecular flexibility index (Phi) is 4.15. The Morgan fingerprint density at radius 1 is 1.07 bits per heavy atom. The van der Waals surface area contributed by atoms with Gasteiger partial charge in [-0.3, -0.25) is 10.00 Å². The Balaban J connectivity index is 1.63. The van der Waals surface area contributed by atoms with Crippen molar-refractivity contribution < 1.29 is 9.90 Å². The van der Waals surface area contributed by atoms with Crippen LogP contribution in [0.4, 0.5) is 10.5 Å². The molecule has 7 nitrogen and oxygen atoms in total. The Bertz CT molecular complexity index is 1100. The van der Waals surface area contributed by atoms with E-state index in [1.54, 1.807) is 12.1 Å². The normalized spacial score (nSPS) is 11.7. The number of anilines is 1. The van der Waals surface area contributed by atoms with Crippen LogP contribution in [0.15, 0.2) is 54.6 Å². The number of fused-ring (bicyclic) bond motifs is 1. The fourth-order valence-corrected chi connectivity index (χ4v) is 3.24. The smallest absolute Gasteiger partial charge is 0.412 e. The Morgan fingerprint density at radius 3 is 2.43 bits per heavy atom. The number of nitrogens with zero attached hydrogens (tertiary/aromatic N) is 3. The van der Waals surface area contributed by atoms with Crippen LogP contribution in [0.1, 0.15) is 20.8 Å². The van der Waals surface area contributed by atoms with E-state index in [9.17, 15) is 9.90 Å². The summed E-state index contributed by atoms with van der Waals surface area (Å²) < 4.78 is 0. The van der Waals surface area contributed by atoms with Crippen LogP contribution >= 0.6 is 0 Å². The summed E-state index contributed by atoms with van der Waals surface area (Å²) in [7, 11) is 0. The first-order chi connectivity index (χ1) is 13.3. The molecule has 7 heteroatoms. The lowest BCUT2D eigenvalue weighted by atomic mass is 10.0. The van der Waals surface area contributed by atoms with Crippen LogP contribution in [-0.4, -0.2) is 36.9 Å². The Labute approximate surface area is 162 Å². The third-order valence-electron chi connectivity index (χ3n) is 4.51. The number of hydrogen-bond acceptors (Lipinski definition) is 3. The predicted octanol–water partition coefficient (Wildman–Crippen LogP) is 4.90. The monoisotopic (exact) mass is 375 g/mol. The highest BCUT2D eigenvalue weighted by molar-refractivity contribution is 5.88. The summed E-state index contributed by atoms with van der Waals surface area (Å²) in [6.07, 6.45) is -0.978. The molecule has 0 radical (unpaired) electrons. The number of H-pyrrole nitrogens is 2. The first-order valence-electron chi connectivity index (χ1n) is 8.97. The SMILES string of the molecule is CC(C)(C)N(C(=O)O)c1ccc(-c2cc(-c3nc4ccccc4[nH]3)n[nH]2)cc1. The molecule has 2 aromatic heterocycles. The standard InChI is InChI=1S/C21H21N5O2/c1-21(2,3)26(20(27)28)14-10-8-13(9-11-14)17-12-18(25-24-17)19-22-15-6-4-5-7-16(15)23-19/h4-12H,1-3H3,(H,22,23)(H,24,25)(H,27,28). The topological polar surface area (TPSA) is 97.9 Å². The van der Waals surface area contributed by atoms with Crippen LogP contribution < -0.4 is 4.90 Å². The number of nitrogens with one attached hydrogen (secondary N) is 2. The largest absolute Gasteiger partial charge is 0.465 e. The van der Waals surface area contributed by atoms with E-state index in [-0.39, 0.29) is 0 Å². The molecule has 0 saturated heterocycles. The lowest BCUT2D eigenvalue weighted by Crippen LogP contribution is -2.45. The zero-order valence-corrected chi connectivity index (χ0v) is 15.9. The molecule has 28 heavy (non-hydrogen) atoms. The average molecular weight is 375 g/mol. The highest BCUT2D eigenvalue weighted by Gasteiger charge is 2.27. The van der Waals surface area contributed by atoms with Gasteiger partial charge in [-0.2, -0.15) is 5.10 Å². The summed E-state index contributed by atoms with van der Waals surface area (Å²) in [4.78, 5) is 20.8. The van der Waals surface area contributed by atoms with E-state index in [1.807, 2.05) is 63.2 Å². The summed E-state index contributed by atoms with van der Waals surface area (Å²) in [5, 5.41) is 16.9.